The molecule has 3 amide bonds. The largest absolute Gasteiger partial charge is 0.339 e. The summed E-state index contributed by atoms with van der Waals surface area (Å²) in [5, 5.41) is 19.2. The van der Waals surface area contributed by atoms with E-state index in [0.717, 1.165) is 18.5 Å². The first kappa shape index (κ1) is 15.7. The molecule has 3 rings (SSSR count). The summed E-state index contributed by atoms with van der Waals surface area (Å²) >= 11 is 0. The van der Waals surface area contributed by atoms with Crippen molar-refractivity contribution in [3.8, 4) is 0 Å². The molecule has 0 unspecified atom stereocenters. The second kappa shape index (κ2) is 6.95. The number of nitrogens with one attached hydrogen (secondary N) is 4. The first-order valence-electron chi connectivity index (χ1n) is 7.64. The van der Waals surface area contributed by atoms with Gasteiger partial charge in [-0.3, -0.25) is 10.1 Å². The number of urea groups is 1. The van der Waals surface area contributed by atoms with Crippen molar-refractivity contribution in [2.24, 2.45) is 0 Å². The molecule has 1 aliphatic carbocycles. The van der Waals surface area contributed by atoms with E-state index >= 15 is 0 Å². The molecule has 124 valence electrons. The summed E-state index contributed by atoms with van der Waals surface area (Å²) in [4.78, 5) is 22.7. The zero-order valence-corrected chi connectivity index (χ0v) is 13.2. The highest BCUT2D eigenvalue weighted by molar-refractivity contribution is 5.89. The Kier molecular flexibility index (Phi) is 4.55. The van der Waals surface area contributed by atoms with Crippen molar-refractivity contribution >= 4 is 34.9 Å². The molecule has 1 saturated carbocycles. The zero-order chi connectivity index (χ0) is 16.9. The van der Waals surface area contributed by atoms with Gasteiger partial charge in [0, 0.05) is 24.3 Å². The molecular weight excluding hydrogens is 308 g/mol. The second-order valence-corrected chi connectivity index (χ2v) is 5.56. The fourth-order valence-electron chi connectivity index (χ4n) is 2.06. The molecule has 0 saturated heterocycles. The van der Waals surface area contributed by atoms with Crippen molar-refractivity contribution in [3.63, 3.8) is 0 Å². The van der Waals surface area contributed by atoms with Crippen molar-refractivity contribution in [1.29, 1.82) is 0 Å². The quantitative estimate of drug-likeness (QED) is 0.675. The number of benzene rings is 1. The lowest BCUT2D eigenvalue weighted by atomic mass is 10.2. The van der Waals surface area contributed by atoms with Crippen LogP contribution >= 0.6 is 0 Å². The van der Waals surface area contributed by atoms with Crippen LogP contribution in [0.3, 0.4) is 0 Å². The molecule has 4 N–H and O–H groups in total. The molecule has 24 heavy (non-hydrogen) atoms. The van der Waals surface area contributed by atoms with Crippen LogP contribution in [-0.4, -0.2) is 28.2 Å². The summed E-state index contributed by atoms with van der Waals surface area (Å²) in [6.07, 6.45) is 2.05. The molecule has 1 heterocycles. The summed E-state index contributed by atoms with van der Waals surface area (Å²) in [5.74, 6) is 0.778. The van der Waals surface area contributed by atoms with Gasteiger partial charge in [-0.05, 0) is 43.2 Å². The number of carbonyl (C=O) groups is 2. The molecule has 8 heteroatoms. The molecule has 1 aromatic carbocycles. The van der Waals surface area contributed by atoms with E-state index in [2.05, 4.69) is 31.5 Å². The van der Waals surface area contributed by atoms with Gasteiger partial charge in [0.15, 0.2) is 11.6 Å². The van der Waals surface area contributed by atoms with Gasteiger partial charge >= 0.3 is 6.03 Å². The van der Waals surface area contributed by atoms with Gasteiger partial charge in [-0.15, -0.1) is 10.2 Å². The van der Waals surface area contributed by atoms with Crippen LogP contribution in [0.2, 0.25) is 0 Å². The Balaban J connectivity index is 1.59. The fraction of sp³-hybridized carbons (Fsp3) is 0.250. The maximum atomic E-state index is 11.6. The van der Waals surface area contributed by atoms with Crippen molar-refractivity contribution in [2.75, 3.05) is 16.0 Å². The molecular formula is C16H18N6O2. The van der Waals surface area contributed by atoms with Gasteiger partial charge in [0.25, 0.3) is 0 Å². The Morgan fingerprint density at radius 1 is 1.00 bits per heavy atom. The van der Waals surface area contributed by atoms with Crippen molar-refractivity contribution in [3.05, 3.63) is 36.4 Å². The standard InChI is InChI=1S/C16H18N6O2/c1-10(23)17-12-3-2-4-13(9-12)18-14-7-8-15(22-21-14)20-16(24)19-11-5-6-11/h2-4,7-9,11H,5-6H2,1H3,(H,17,23)(H,18,21)(H2,19,20,22,24). The highest BCUT2D eigenvalue weighted by Gasteiger charge is 2.23. The topological polar surface area (TPSA) is 108 Å². The first-order valence-corrected chi connectivity index (χ1v) is 7.64. The summed E-state index contributed by atoms with van der Waals surface area (Å²) in [6, 6.07) is 10.7. The average Bonchev–Trinajstić information content (AvgIpc) is 3.33. The van der Waals surface area contributed by atoms with Gasteiger partial charge < -0.3 is 16.0 Å². The Morgan fingerprint density at radius 2 is 1.71 bits per heavy atom. The number of carbonyl (C=O) groups excluding carboxylic acids is 2. The lowest BCUT2D eigenvalue weighted by Gasteiger charge is -2.09. The zero-order valence-electron chi connectivity index (χ0n) is 13.2. The molecule has 0 radical (unpaired) electrons. The molecule has 0 bridgehead atoms. The van der Waals surface area contributed by atoms with Crippen LogP contribution in [0.25, 0.3) is 0 Å². The Hall–Kier alpha value is -3.16. The maximum Gasteiger partial charge on any atom is 0.320 e. The third-order valence-electron chi connectivity index (χ3n) is 3.27. The summed E-state index contributed by atoms with van der Waals surface area (Å²) < 4.78 is 0. The van der Waals surface area contributed by atoms with E-state index in [0.29, 0.717) is 17.3 Å². The summed E-state index contributed by atoms with van der Waals surface area (Å²) in [5.41, 5.74) is 1.46. The number of aromatic nitrogens is 2. The molecule has 1 aromatic heterocycles. The molecule has 0 aliphatic heterocycles. The summed E-state index contributed by atoms with van der Waals surface area (Å²) in [6.45, 7) is 1.46. The fourth-order valence-corrected chi connectivity index (χ4v) is 2.06. The van der Waals surface area contributed by atoms with E-state index in [9.17, 15) is 9.59 Å². The minimum Gasteiger partial charge on any atom is -0.339 e. The van der Waals surface area contributed by atoms with Crippen LogP contribution in [0, 0.1) is 0 Å². The van der Waals surface area contributed by atoms with Crippen LogP contribution < -0.4 is 21.3 Å². The Bertz CT molecular complexity index is 742. The molecule has 1 fully saturated rings. The molecule has 0 spiro atoms. The van der Waals surface area contributed by atoms with Gasteiger partial charge in [-0.2, -0.15) is 0 Å². The minimum atomic E-state index is -0.268. The molecule has 8 nitrogen and oxygen atoms in total. The van der Waals surface area contributed by atoms with Gasteiger partial charge in [0.05, 0.1) is 0 Å². The van der Waals surface area contributed by atoms with Crippen LogP contribution in [0.1, 0.15) is 19.8 Å². The van der Waals surface area contributed by atoms with Crippen molar-refractivity contribution in [1.82, 2.24) is 15.5 Å². The number of nitrogens with zero attached hydrogens (tertiary/aromatic N) is 2. The van der Waals surface area contributed by atoms with E-state index in [-0.39, 0.29) is 18.0 Å². The third-order valence-corrected chi connectivity index (χ3v) is 3.27. The lowest BCUT2D eigenvalue weighted by molar-refractivity contribution is -0.114. The number of anilines is 4. The van der Waals surface area contributed by atoms with Crippen LogP contribution in [0.15, 0.2) is 36.4 Å². The number of hydrogen-bond donors (Lipinski definition) is 4. The highest BCUT2D eigenvalue weighted by Crippen LogP contribution is 2.20. The van der Waals surface area contributed by atoms with E-state index in [1.165, 1.54) is 6.92 Å². The first-order chi connectivity index (χ1) is 11.6. The second-order valence-electron chi connectivity index (χ2n) is 5.56. The molecule has 2 aromatic rings. The van der Waals surface area contributed by atoms with Gasteiger partial charge in [-0.1, -0.05) is 6.07 Å². The van der Waals surface area contributed by atoms with Crippen molar-refractivity contribution in [2.45, 2.75) is 25.8 Å². The van der Waals surface area contributed by atoms with Crippen molar-refractivity contribution < 1.29 is 9.59 Å². The van der Waals surface area contributed by atoms with Gasteiger partial charge in [-0.25, -0.2) is 4.79 Å². The van der Waals surface area contributed by atoms with Gasteiger partial charge in [0.2, 0.25) is 5.91 Å². The van der Waals surface area contributed by atoms with E-state index in [4.69, 9.17) is 0 Å². The Labute approximate surface area is 139 Å². The highest BCUT2D eigenvalue weighted by atomic mass is 16.2. The van der Waals surface area contributed by atoms with Crippen LogP contribution in [0.4, 0.5) is 27.8 Å². The number of amides is 3. The average molecular weight is 326 g/mol. The smallest absolute Gasteiger partial charge is 0.320 e. The lowest BCUT2D eigenvalue weighted by Crippen LogP contribution is -2.30. The maximum absolute atomic E-state index is 11.6. The third kappa shape index (κ3) is 4.67. The summed E-state index contributed by atoms with van der Waals surface area (Å²) in [7, 11) is 0. The van der Waals surface area contributed by atoms with Gasteiger partial charge in [0.1, 0.15) is 0 Å². The number of hydrogen-bond acceptors (Lipinski definition) is 5. The van der Waals surface area contributed by atoms with Crippen LogP contribution in [0.5, 0.6) is 0 Å². The SMILES string of the molecule is CC(=O)Nc1cccc(Nc2ccc(NC(=O)NC3CC3)nn2)c1. The van der Waals surface area contributed by atoms with E-state index in [1.54, 1.807) is 24.3 Å². The molecule has 0 atom stereocenters. The van der Waals surface area contributed by atoms with E-state index < -0.39 is 0 Å². The Morgan fingerprint density at radius 3 is 2.38 bits per heavy atom. The number of rotatable bonds is 5. The van der Waals surface area contributed by atoms with Crippen LogP contribution in [-0.2, 0) is 4.79 Å². The predicted molar refractivity (Wildman–Crippen MR) is 91.2 cm³/mol. The molecule has 1 aliphatic rings. The predicted octanol–water partition coefficient (Wildman–Crippen LogP) is 2.46. The van der Waals surface area contributed by atoms with E-state index in [1.807, 2.05) is 12.1 Å². The normalized spacial score (nSPS) is 13.0. The minimum absolute atomic E-state index is 0.133. The monoisotopic (exact) mass is 326 g/mol.